The van der Waals surface area contributed by atoms with E-state index >= 15 is 0 Å². The Morgan fingerprint density at radius 3 is 2.88 bits per heavy atom. The maximum atomic E-state index is 12.3. The molecule has 1 N–H and O–H groups in total. The van der Waals surface area contributed by atoms with Crippen molar-refractivity contribution in [1.29, 1.82) is 0 Å². The zero-order valence-corrected chi connectivity index (χ0v) is 15.6. The molecule has 2 heterocycles. The second kappa shape index (κ2) is 8.59. The molecule has 0 aliphatic carbocycles. The van der Waals surface area contributed by atoms with Gasteiger partial charge in [-0.1, -0.05) is 22.0 Å². The van der Waals surface area contributed by atoms with Gasteiger partial charge in [0.25, 0.3) is 5.91 Å². The van der Waals surface area contributed by atoms with Gasteiger partial charge in [-0.15, -0.1) is 0 Å². The molecule has 0 saturated carbocycles. The Labute approximate surface area is 159 Å². The lowest BCUT2D eigenvalue weighted by molar-refractivity contribution is 0.102. The molecule has 0 radical (unpaired) electrons. The normalized spacial score (nSPS) is 10.5. The molecule has 0 spiro atoms. The number of pyridine rings is 1. The topological polar surface area (TPSA) is 78.3 Å². The predicted molar refractivity (Wildman–Crippen MR) is 101 cm³/mol. The number of carbonyl (C=O) groups excluding carboxylic acids is 1. The lowest BCUT2D eigenvalue weighted by Gasteiger charge is -2.06. The van der Waals surface area contributed by atoms with Crippen LogP contribution < -0.4 is 10.1 Å². The summed E-state index contributed by atoms with van der Waals surface area (Å²) < 4.78 is 13.3. The number of carbonyl (C=O) groups is 1. The van der Waals surface area contributed by atoms with Crippen molar-refractivity contribution in [1.82, 2.24) is 14.8 Å². The summed E-state index contributed by atoms with van der Waals surface area (Å²) in [4.78, 5) is 16.5. The molecule has 0 unspecified atom stereocenters. The lowest BCUT2D eigenvalue weighted by atomic mass is 10.2. The monoisotopic (exact) mass is 416 g/mol. The van der Waals surface area contributed by atoms with Crippen molar-refractivity contribution in [2.75, 3.05) is 19.0 Å². The minimum atomic E-state index is -0.266. The van der Waals surface area contributed by atoms with Gasteiger partial charge in [0.15, 0.2) is 0 Å². The molecule has 0 fully saturated rings. The van der Waals surface area contributed by atoms with Gasteiger partial charge in [-0.3, -0.25) is 9.48 Å². The van der Waals surface area contributed by atoms with Crippen LogP contribution >= 0.6 is 15.9 Å². The highest BCUT2D eigenvalue weighted by Gasteiger charge is 2.09. The first-order valence-corrected chi connectivity index (χ1v) is 8.65. The number of nitrogens with one attached hydrogen (secondary N) is 1. The molecule has 134 valence electrons. The van der Waals surface area contributed by atoms with Crippen LogP contribution in [0.1, 0.15) is 10.4 Å². The van der Waals surface area contributed by atoms with E-state index in [0.717, 1.165) is 4.47 Å². The lowest BCUT2D eigenvalue weighted by Crippen LogP contribution is -2.11. The smallest absolute Gasteiger partial charge is 0.257 e. The highest BCUT2D eigenvalue weighted by atomic mass is 79.9. The molecule has 0 saturated heterocycles. The zero-order chi connectivity index (χ0) is 18.4. The first-order chi connectivity index (χ1) is 12.6. The van der Waals surface area contributed by atoms with Crippen molar-refractivity contribution in [3.05, 3.63) is 65.0 Å². The van der Waals surface area contributed by atoms with E-state index < -0.39 is 0 Å². The van der Waals surface area contributed by atoms with Crippen LogP contribution in [0.25, 0.3) is 0 Å². The first kappa shape index (κ1) is 18.1. The Kier molecular flexibility index (Phi) is 5.98. The van der Waals surface area contributed by atoms with Crippen LogP contribution in [0.3, 0.4) is 0 Å². The number of hydrogen-bond acceptors (Lipinski definition) is 5. The van der Waals surface area contributed by atoms with Crippen molar-refractivity contribution < 1.29 is 14.3 Å². The van der Waals surface area contributed by atoms with Gasteiger partial charge in [0.1, 0.15) is 5.75 Å². The number of halogens is 1. The molecule has 1 amide bonds. The SMILES string of the molecule is COCCn1cc(NC(=O)c2ccc(Oc3cccc(Br)c3)nc2)cn1. The largest absolute Gasteiger partial charge is 0.439 e. The Morgan fingerprint density at radius 1 is 1.27 bits per heavy atom. The van der Waals surface area contributed by atoms with E-state index in [9.17, 15) is 4.79 Å². The summed E-state index contributed by atoms with van der Waals surface area (Å²) in [7, 11) is 1.63. The quantitative estimate of drug-likeness (QED) is 0.634. The molecule has 26 heavy (non-hydrogen) atoms. The molecule has 0 aliphatic heterocycles. The van der Waals surface area contributed by atoms with Crippen LogP contribution in [0, 0.1) is 0 Å². The molecular weight excluding hydrogens is 400 g/mol. The molecule has 7 nitrogen and oxygen atoms in total. The van der Waals surface area contributed by atoms with E-state index in [-0.39, 0.29) is 5.91 Å². The summed E-state index contributed by atoms with van der Waals surface area (Å²) in [6, 6.07) is 10.7. The number of anilines is 1. The number of hydrogen-bond donors (Lipinski definition) is 1. The molecule has 2 aromatic heterocycles. The van der Waals surface area contributed by atoms with Crippen LogP contribution in [-0.2, 0) is 11.3 Å². The van der Waals surface area contributed by atoms with Crippen molar-refractivity contribution in [3.63, 3.8) is 0 Å². The van der Waals surface area contributed by atoms with Gasteiger partial charge in [0.2, 0.25) is 5.88 Å². The van der Waals surface area contributed by atoms with Crippen LogP contribution in [0.15, 0.2) is 59.5 Å². The highest BCUT2D eigenvalue weighted by Crippen LogP contribution is 2.23. The molecule has 0 aliphatic rings. The number of rotatable bonds is 7. The molecule has 3 aromatic rings. The number of ether oxygens (including phenoxy) is 2. The molecular formula is C18H17BrN4O3. The van der Waals surface area contributed by atoms with E-state index in [1.807, 2.05) is 24.3 Å². The summed E-state index contributed by atoms with van der Waals surface area (Å²) in [6.07, 6.45) is 4.80. The van der Waals surface area contributed by atoms with Gasteiger partial charge >= 0.3 is 0 Å². The Bertz CT molecular complexity index is 880. The number of methoxy groups -OCH3 is 1. The maximum absolute atomic E-state index is 12.3. The average Bonchev–Trinajstić information content (AvgIpc) is 3.08. The van der Waals surface area contributed by atoms with Gasteiger partial charge in [-0.2, -0.15) is 5.10 Å². The van der Waals surface area contributed by atoms with E-state index in [4.69, 9.17) is 9.47 Å². The van der Waals surface area contributed by atoms with E-state index in [0.29, 0.717) is 36.0 Å². The van der Waals surface area contributed by atoms with E-state index in [1.54, 1.807) is 36.3 Å². The summed E-state index contributed by atoms with van der Waals surface area (Å²) in [5.41, 5.74) is 1.04. The Hall–Kier alpha value is -2.71. The van der Waals surface area contributed by atoms with Gasteiger partial charge in [0.05, 0.1) is 30.6 Å². The zero-order valence-electron chi connectivity index (χ0n) is 14.1. The Balaban J connectivity index is 1.60. The molecule has 0 bridgehead atoms. The predicted octanol–water partition coefficient (Wildman–Crippen LogP) is 3.73. The van der Waals surface area contributed by atoms with E-state index in [1.165, 1.54) is 6.20 Å². The van der Waals surface area contributed by atoms with Crippen molar-refractivity contribution in [3.8, 4) is 11.6 Å². The standard InChI is InChI=1S/C18H17BrN4O3/c1-25-8-7-23-12-15(11-21-23)22-18(24)13-5-6-17(20-10-13)26-16-4-2-3-14(19)9-16/h2-6,9-12H,7-8H2,1H3,(H,22,24). The van der Waals surface area contributed by atoms with Crippen molar-refractivity contribution in [2.24, 2.45) is 0 Å². The van der Waals surface area contributed by atoms with Crippen LogP contribution in [-0.4, -0.2) is 34.4 Å². The summed E-state index contributed by atoms with van der Waals surface area (Å²) in [6.45, 7) is 1.17. The summed E-state index contributed by atoms with van der Waals surface area (Å²) in [5.74, 6) is 0.803. The Morgan fingerprint density at radius 2 is 2.15 bits per heavy atom. The number of benzene rings is 1. The fourth-order valence-electron chi connectivity index (χ4n) is 2.16. The van der Waals surface area contributed by atoms with Crippen LogP contribution in [0.5, 0.6) is 11.6 Å². The van der Waals surface area contributed by atoms with Crippen molar-refractivity contribution in [2.45, 2.75) is 6.54 Å². The second-order valence-corrected chi connectivity index (χ2v) is 6.30. The van der Waals surface area contributed by atoms with Crippen LogP contribution in [0.4, 0.5) is 5.69 Å². The minimum absolute atomic E-state index is 0.266. The maximum Gasteiger partial charge on any atom is 0.257 e. The number of aromatic nitrogens is 3. The number of amides is 1. The molecule has 3 rings (SSSR count). The van der Waals surface area contributed by atoms with Gasteiger partial charge in [-0.05, 0) is 24.3 Å². The average molecular weight is 417 g/mol. The number of nitrogens with zero attached hydrogens (tertiary/aromatic N) is 3. The minimum Gasteiger partial charge on any atom is -0.439 e. The fraction of sp³-hybridized carbons (Fsp3) is 0.167. The van der Waals surface area contributed by atoms with Gasteiger partial charge in [-0.25, -0.2) is 4.98 Å². The summed E-state index contributed by atoms with van der Waals surface area (Å²) in [5, 5.41) is 6.93. The second-order valence-electron chi connectivity index (χ2n) is 5.38. The molecule has 1 aromatic carbocycles. The third-order valence-corrected chi connectivity index (χ3v) is 3.93. The van der Waals surface area contributed by atoms with E-state index in [2.05, 4.69) is 31.3 Å². The molecule has 8 heteroatoms. The fourth-order valence-corrected chi connectivity index (χ4v) is 2.54. The highest BCUT2D eigenvalue weighted by molar-refractivity contribution is 9.10. The van der Waals surface area contributed by atoms with Gasteiger partial charge < -0.3 is 14.8 Å². The first-order valence-electron chi connectivity index (χ1n) is 7.86. The van der Waals surface area contributed by atoms with Crippen LogP contribution in [0.2, 0.25) is 0 Å². The molecule has 0 atom stereocenters. The summed E-state index contributed by atoms with van der Waals surface area (Å²) >= 11 is 3.39. The third-order valence-electron chi connectivity index (χ3n) is 3.43. The van der Waals surface area contributed by atoms with Crippen molar-refractivity contribution >= 4 is 27.5 Å². The van der Waals surface area contributed by atoms with Gasteiger partial charge in [0, 0.05) is 30.0 Å². The third kappa shape index (κ3) is 4.90.